The molecule has 3 aliphatic rings. The summed E-state index contributed by atoms with van der Waals surface area (Å²) in [5.74, 6) is 0.968. The molecule has 11 heteroatoms. The van der Waals surface area contributed by atoms with Crippen LogP contribution in [-0.2, 0) is 11.2 Å². The average molecular weight is 514 g/mol. The lowest BCUT2D eigenvalue weighted by molar-refractivity contribution is -0.383. The summed E-state index contributed by atoms with van der Waals surface area (Å²) >= 11 is 0. The highest BCUT2D eigenvalue weighted by molar-refractivity contribution is 5.96. The monoisotopic (exact) mass is 514 g/mol. The van der Waals surface area contributed by atoms with Crippen LogP contribution in [0.15, 0.2) is 35.0 Å². The summed E-state index contributed by atoms with van der Waals surface area (Å²) in [6.45, 7) is 6.49. The first-order valence-corrected chi connectivity index (χ1v) is 12.2. The summed E-state index contributed by atoms with van der Waals surface area (Å²) in [5, 5.41) is 19.5. The molecule has 3 aliphatic heterocycles. The van der Waals surface area contributed by atoms with Crippen LogP contribution in [0.3, 0.4) is 0 Å². The molecule has 4 aromatic rings. The van der Waals surface area contributed by atoms with E-state index in [1.165, 1.54) is 6.07 Å². The Morgan fingerprint density at radius 3 is 2.74 bits per heavy atom. The van der Waals surface area contributed by atoms with Crippen molar-refractivity contribution >= 4 is 28.4 Å². The standard InChI is InChI=1S/C27H22N4O7/c1-12-4-5-17-22(13(12)2)27(32)37-26(17)24-21-14(3)25-20(35-11-36-25)8-15(21)6-7-30(24)16-9-18-23(29-38-28-18)19(10-16)31(33)34/h4-5,8-10,24,26H,6-7,11H2,1-3H3/t24-,26?/m1/s1. The van der Waals surface area contributed by atoms with E-state index in [1.807, 2.05) is 43.9 Å². The minimum Gasteiger partial charge on any atom is -0.454 e. The van der Waals surface area contributed by atoms with Gasteiger partial charge in [-0.15, -0.1) is 0 Å². The van der Waals surface area contributed by atoms with Gasteiger partial charge in [-0.25, -0.2) is 9.42 Å². The van der Waals surface area contributed by atoms with Gasteiger partial charge in [0.2, 0.25) is 12.3 Å². The normalized spacial score (nSPS) is 19.4. The number of aryl methyl sites for hydroxylation is 1. The highest BCUT2D eigenvalue weighted by atomic mass is 16.7. The maximum absolute atomic E-state index is 13.2. The molecule has 1 aromatic heterocycles. The molecule has 0 saturated heterocycles. The summed E-state index contributed by atoms with van der Waals surface area (Å²) in [7, 11) is 0. The van der Waals surface area contributed by atoms with Crippen molar-refractivity contribution in [3.05, 3.63) is 79.4 Å². The third kappa shape index (κ3) is 3.04. The molecule has 4 heterocycles. The number of non-ortho nitro benzene ring substituents is 1. The first-order valence-electron chi connectivity index (χ1n) is 12.2. The smallest absolute Gasteiger partial charge is 0.339 e. The molecule has 3 aromatic carbocycles. The zero-order valence-electron chi connectivity index (χ0n) is 20.8. The quantitative estimate of drug-likeness (QED) is 0.213. The second kappa shape index (κ2) is 7.91. The Morgan fingerprint density at radius 1 is 1.08 bits per heavy atom. The van der Waals surface area contributed by atoms with Crippen LogP contribution in [0.25, 0.3) is 11.0 Å². The Labute approximate surface area is 216 Å². The number of hydrogen-bond donors (Lipinski definition) is 0. The van der Waals surface area contributed by atoms with Crippen molar-refractivity contribution in [1.82, 2.24) is 10.3 Å². The van der Waals surface area contributed by atoms with Crippen molar-refractivity contribution in [1.29, 1.82) is 0 Å². The van der Waals surface area contributed by atoms with Crippen molar-refractivity contribution in [2.75, 3.05) is 18.2 Å². The molecule has 7 rings (SSSR count). The van der Waals surface area contributed by atoms with Crippen molar-refractivity contribution in [2.45, 2.75) is 39.3 Å². The molecule has 38 heavy (non-hydrogen) atoms. The number of aromatic nitrogens is 2. The third-order valence-corrected chi connectivity index (χ3v) is 7.94. The first-order chi connectivity index (χ1) is 18.3. The van der Waals surface area contributed by atoms with Crippen LogP contribution >= 0.6 is 0 Å². The van der Waals surface area contributed by atoms with E-state index in [-0.39, 0.29) is 29.5 Å². The molecule has 0 aliphatic carbocycles. The largest absolute Gasteiger partial charge is 0.454 e. The third-order valence-electron chi connectivity index (χ3n) is 7.94. The van der Waals surface area contributed by atoms with E-state index in [2.05, 4.69) is 10.3 Å². The lowest BCUT2D eigenvalue weighted by atomic mass is 9.82. The fraction of sp³-hybridized carbons (Fsp3) is 0.296. The van der Waals surface area contributed by atoms with Gasteiger partial charge < -0.3 is 19.1 Å². The summed E-state index contributed by atoms with van der Waals surface area (Å²) in [6.07, 6.45) is -0.00718. The molecule has 0 radical (unpaired) electrons. The summed E-state index contributed by atoms with van der Waals surface area (Å²) in [5.41, 5.74) is 6.84. The minimum atomic E-state index is -0.653. The highest BCUT2D eigenvalue weighted by Gasteiger charge is 2.45. The summed E-state index contributed by atoms with van der Waals surface area (Å²) in [4.78, 5) is 26.7. The molecular formula is C27H22N4O7. The van der Waals surface area contributed by atoms with E-state index < -0.39 is 17.1 Å². The van der Waals surface area contributed by atoms with Crippen LogP contribution in [0, 0.1) is 30.9 Å². The Balaban J connectivity index is 1.47. The molecule has 192 valence electrons. The number of benzene rings is 3. The second-order valence-corrected chi connectivity index (χ2v) is 9.85. The van der Waals surface area contributed by atoms with E-state index in [0.717, 1.165) is 33.4 Å². The molecule has 0 spiro atoms. The van der Waals surface area contributed by atoms with Gasteiger partial charge in [-0.05, 0) is 71.9 Å². The van der Waals surface area contributed by atoms with E-state index >= 15 is 0 Å². The predicted molar refractivity (Wildman–Crippen MR) is 134 cm³/mol. The molecule has 0 N–H and O–H groups in total. The Bertz CT molecular complexity index is 1690. The summed E-state index contributed by atoms with van der Waals surface area (Å²) in [6, 6.07) is 8.62. The second-order valence-electron chi connectivity index (χ2n) is 9.85. The molecule has 0 fully saturated rings. The topological polar surface area (TPSA) is 130 Å². The van der Waals surface area contributed by atoms with Crippen molar-refractivity contribution < 1.29 is 28.6 Å². The lowest BCUT2D eigenvalue weighted by Crippen LogP contribution is -2.39. The van der Waals surface area contributed by atoms with Crippen LogP contribution in [-0.4, -0.2) is 34.5 Å². The number of esters is 1. The predicted octanol–water partition coefficient (Wildman–Crippen LogP) is 4.80. The van der Waals surface area contributed by atoms with Crippen molar-refractivity contribution in [2.24, 2.45) is 0 Å². The Morgan fingerprint density at radius 2 is 1.92 bits per heavy atom. The van der Waals surface area contributed by atoms with Crippen LogP contribution in [0.1, 0.15) is 55.9 Å². The first kappa shape index (κ1) is 22.5. The van der Waals surface area contributed by atoms with Gasteiger partial charge in [-0.1, -0.05) is 12.1 Å². The number of nitro benzene ring substituents is 1. The van der Waals surface area contributed by atoms with E-state index in [1.54, 1.807) is 6.07 Å². The maximum Gasteiger partial charge on any atom is 0.339 e. The van der Waals surface area contributed by atoms with Gasteiger partial charge in [0.25, 0.3) is 0 Å². The molecule has 2 atom stereocenters. The Kier molecular flexibility index (Phi) is 4.69. The average Bonchev–Trinajstić information content (AvgIpc) is 3.64. The fourth-order valence-electron chi connectivity index (χ4n) is 6.03. The molecule has 1 unspecified atom stereocenters. The van der Waals surface area contributed by atoms with Gasteiger partial charge in [0.05, 0.1) is 16.5 Å². The highest BCUT2D eigenvalue weighted by Crippen LogP contribution is 2.52. The van der Waals surface area contributed by atoms with E-state index in [0.29, 0.717) is 35.7 Å². The number of rotatable bonds is 3. The van der Waals surface area contributed by atoms with Crippen LogP contribution in [0.4, 0.5) is 11.4 Å². The zero-order chi connectivity index (χ0) is 26.3. The number of carbonyl (C=O) groups excluding carboxylic acids is 1. The molecular weight excluding hydrogens is 492 g/mol. The number of nitrogens with zero attached hydrogens (tertiary/aromatic N) is 4. The van der Waals surface area contributed by atoms with E-state index in [4.69, 9.17) is 18.8 Å². The number of fused-ring (bicyclic) bond motifs is 4. The van der Waals surface area contributed by atoms with Crippen LogP contribution < -0.4 is 14.4 Å². The van der Waals surface area contributed by atoms with Crippen LogP contribution in [0.2, 0.25) is 0 Å². The SMILES string of the molecule is Cc1ccc2c(c1C)C(=O)OC2[C@H]1c2c(cc3c(c2C)OCO3)CCN1c1cc([N+](=O)[O-])c2nonc2c1. The van der Waals surface area contributed by atoms with Gasteiger partial charge >= 0.3 is 11.7 Å². The van der Waals surface area contributed by atoms with Crippen LogP contribution in [0.5, 0.6) is 11.5 Å². The minimum absolute atomic E-state index is 0.0796. The number of anilines is 1. The van der Waals surface area contributed by atoms with Crippen molar-refractivity contribution in [3.63, 3.8) is 0 Å². The zero-order valence-corrected chi connectivity index (χ0v) is 20.8. The number of carbonyl (C=O) groups is 1. The molecule has 0 saturated carbocycles. The van der Waals surface area contributed by atoms with Gasteiger partial charge in [-0.2, -0.15) is 0 Å². The van der Waals surface area contributed by atoms with Gasteiger partial charge in [0.15, 0.2) is 17.6 Å². The fourth-order valence-corrected chi connectivity index (χ4v) is 6.03. The Hall–Kier alpha value is -4.67. The van der Waals surface area contributed by atoms with E-state index in [9.17, 15) is 14.9 Å². The summed E-state index contributed by atoms with van der Waals surface area (Å²) < 4.78 is 22.4. The molecule has 0 bridgehead atoms. The van der Waals surface area contributed by atoms with Gasteiger partial charge in [-0.3, -0.25) is 10.1 Å². The number of cyclic esters (lactones) is 1. The van der Waals surface area contributed by atoms with Crippen molar-refractivity contribution in [3.8, 4) is 11.5 Å². The lowest BCUT2D eigenvalue weighted by Gasteiger charge is -2.42. The maximum atomic E-state index is 13.2. The van der Waals surface area contributed by atoms with Gasteiger partial charge in [0, 0.05) is 29.4 Å². The van der Waals surface area contributed by atoms with Gasteiger partial charge in [0.1, 0.15) is 5.52 Å². The number of nitro groups is 1. The molecule has 11 nitrogen and oxygen atoms in total. The number of hydrogen-bond acceptors (Lipinski definition) is 10. The molecule has 0 amide bonds. The number of ether oxygens (including phenoxy) is 3.